The lowest BCUT2D eigenvalue weighted by molar-refractivity contribution is -0.121. The lowest BCUT2D eigenvalue weighted by Crippen LogP contribution is -2.51. The number of hydrogen-bond donors (Lipinski definition) is 1. The highest BCUT2D eigenvalue weighted by Crippen LogP contribution is 2.23. The third-order valence-electron chi connectivity index (χ3n) is 4.46. The monoisotopic (exact) mass is 312 g/mol. The second kappa shape index (κ2) is 7.11. The molecule has 3 rings (SSSR count). The molecule has 122 valence electrons. The third-order valence-corrected chi connectivity index (χ3v) is 4.46. The largest absolute Gasteiger partial charge is 0.376 e. The summed E-state index contributed by atoms with van der Waals surface area (Å²) in [7, 11) is 0. The molecule has 1 saturated heterocycles. The van der Waals surface area contributed by atoms with Gasteiger partial charge in [0.05, 0.1) is 19.3 Å². The molecular weight excluding hydrogens is 288 g/mol. The average Bonchev–Trinajstić information content (AvgIpc) is 2.55. The summed E-state index contributed by atoms with van der Waals surface area (Å²) in [5, 5.41) is 5.28. The predicted octanol–water partition coefficient (Wildman–Crippen LogP) is 3.28. The van der Waals surface area contributed by atoms with Crippen molar-refractivity contribution < 1.29 is 9.53 Å². The summed E-state index contributed by atoms with van der Waals surface area (Å²) in [5.74, 6) is 0.0360. The second-order valence-corrected chi connectivity index (χ2v) is 6.21. The van der Waals surface area contributed by atoms with Crippen molar-refractivity contribution in [2.75, 3.05) is 25.0 Å². The number of anilines is 1. The van der Waals surface area contributed by atoms with Crippen LogP contribution in [0.4, 0.5) is 5.69 Å². The van der Waals surface area contributed by atoms with Crippen molar-refractivity contribution in [2.45, 2.75) is 32.4 Å². The van der Waals surface area contributed by atoms with Gasteiger partial charge in [0.2, 0.25) is 5.91 Å². The van der Waals surface area contributed by atoms with E-state index in [2.05, 4.69) is 36.2 Å². The fraction of sp³-hybridized carbons (Fsp3) is 0.421. The van der Waals surface area contributed by atoms with Gasteiger partial charge in [0.25, 0.3) is 0 Å². The number of rotatable bonds is 4. The van der Waals surface area contributed by atoms with Crippen LogP contribution in [0.5, 0.6) is 0 Å². The van der Waals surface area contributed by atoms with Crippen LogP contribution in [0.2, 0.25) is 0 Å². The summed E-state index contributed by atoms with van der Waals surface area (Å²) in [6.07, 6.45) is 1.18. The molecule has 2 aromatic rings. The summed E-state index contributed by atoms with van der Waals surface area (Å²) in [5.41, 5.74) is 0.877. The topological polar surface area (TPSA) is 41.6 Å². The minimum absolute atomic E-state index is 0.0360. The normalized spacial score (nSPS) is 22.2. The van der Waals surface area contributed by atoms with E-state index in [0.29, 0.717) is 19.2 Å². The fourth-order valence-corrected chi connectivity index (χ4v) is 3.19. The Labute approximate surface area is 137 Å². The first kappa shape index (κ1) is 16.0. The van der Waals surface area contributed by atoms with Crippen molar-refractivity contribution in [3.63, 3.8) is 0 Å². The van der Waals surface area contributed by atoms with Crippen LogP contribution in [0.1, 0.15) is 20.3 Å². The standard InChI is InChI=1S/C19H24N2O2/c1-3-16-13-23-14(2)11-21(16)12-19(22)20-18-10-6-8-15-7-4-5-9-17(15)18/h4-10,14,16H,3,11-13H2,1-2H3,(H,20,22)/t14-,16+/m1/s1. The molecule has 0 aliphatic carbocycles. The van der Waals surface area contributed by atoms with E-state index in [9.17, 15) is 4.79 Å². The van der Waals surface area contributed by atoms with Gasteiger partial charge in [-0.1, -0.05) is 43.3 Å². The minimum Gasteiger partial charge on any atom is -0.376 e. The quantitative estimate of drug-likeness (QED) is 0.942. The Balaban J connectivity index is 1.71. The van der Waals surface area contributed by atoms with Crippen LogP contribution in [-0.2, 0) is 9.53 Å². The van der Waals surface area contributed by atoms with E-state index in [4.69, 9.17) is 4.74 Å². The highest BCUT2D eigenvalue weighted by atomic mass is 16.5. The Morgan fingerprint density at radius 3 is 2.87 bits per heavy atom. The van der Waals surface area contributed by atoms with Crippen LogP contribution >= 0.6 is 0 Å². The summed E-state index contributed by atoms with van der Waals surface area (Å²) < 4.78 is 5.70. The first-order chi connectivity index (χ1) is 11.2. The van der Waals surface area contributed by atoms with Gasteiger partial charge in [-0.05, 0) is 24.8 Å². The number of ether oxygens (including phenoxy) is 1. The van der Waals surface area contributed by atoms with Gasteiger partial charge in [-0.3, -0.25) is 9.69 Å². The van der Waals surface area contributed by atoms with E-state index >= 15 is 0 Å². The van der Waals surface area contributed by atoms with E-state index in [0.717, 1.165) is 29.4 Å². The average molecular weight is 312 g/mol. The van der Waals surface area contributed by atoms with Crippen molar-refractivity contribution in [1.82, 2.24) is 4.90 Å². The number of nitrogens with zero attached hydrogens (tertiary/aromatic N) is 1. The number of carbonyl (C=O) groups excluding carboxylic acids is 1. The van der Waals surface area contributed by atoms with Crippen molar-refractivity contribution in [3.8, 4) is 0 Å². The van der Waals surface area contributed by atoms with Crippen LogP contribution < -0.4 is 5.32 Å². The van der Waals surface area contributed by atoms with Gasteiger partial charge in [0, 0.05) is 23.7 Å². The van der Waals surface area contributed by atoms with Gasteiger partial charge in [-0.25, -0.2) is 0 Å². The number of hydrogen-bond acceptors (Lipinski definition) is 3. The summed E-state index contributed by atoms with van der Waals surface area (Å²) in [4.78, 5) is 14.7. The van der Waals surface area contributed by atoms with Gasteiger partial charge >= 0.3 is 0 Å². The molecule has 2 atom stereocenters. The number of nitrogens with one attached hydrogen (secondary N) is 1. The predicted molar refractivity (Wildman–Crippen MR) is 93.6 cm³/mol. The molecule has 4 heteroatoms. The molecule has 1 amide bonds. The number of fused-ring (bicyclic) bond motifs is 1. The maximum atomic E-state index is 12.5. The molecule has 1 aliphatic heterocycles. The highest BCUT2D eigenvalue weighted by molar-refractivity contribution is 6.02. The first-order valence-electron chi connectivity index (χ1n) is 8.30. The zero-order valence-corrected chi connectivity index (χ0v) is 13.8. The first-order valence-corrected chi connectivity index (χ1v) is 8.30. The fourth-order valence-electron chi connectivity index (χ4n) is 3.19. The molecule has 23 heavy (non-hydrogen) atoms. The summed E-state index contributed by atoms with van der Waals surface area (Å²) in [6.45, 7) is 6.12. The zero-order valence-electron chi connectivity index (χ0n) is 13.8. The lowest BCUT2D eigenvalue weighted by atomic mass is 10.1. The molecule has 4 nitrogen and oxygen atoms in total. The third kappa shape index (κ3) is 3.71. The van der Waals surface area contributed by atoms with Gasteiger partial charge < -0.3 is 10.1 Å². The van der Waals surface area contributed by atoms with Crippen molar-refractivity contribution in [3.05, 3.63) is 42.5 Å². The molecular formula is C19H24N2O2. The molecule has 0 spiro atoms. The number of morpholine rings is 1. The molecule has 2 aromatic carbocycles. The molecule has 0 radical (unpaired) electrons. The van der Waals surface area contributed by atoms with E-state index in [1.165, 1.54) is 0 Å². The van der Waals surface area contributed by atoms with Gasteiger partial charge in [0.15, 0.2) is 0 Å². The molecule has 1 fully saturated rings. The second-order valence-electron chi connectivity index (χ2n) is 6.21. The lowest BCUT2D eigenvalue weighted by Gasteiger charge is -2.37. The zero-order chi connectivity index (χ0) is 16.2. The Kier molecular flexibility index (Phi) is 4.94. The van der Waals surface area contributed by atoms with Crippen molar-refractivity contribution in [1.29, 1.82) is 0 Å². The van der Waals surface area contributed by atoms with Crippen LogP contribution in [-0.4, -0.2) is 42.6 Å². The molecule has 0 saturated carbocycles. The molecule has 0 unspecified atom stereocenters. The molecule has 0 aromatic heterocycles. The minimum atomic E-state index is 0.0360. The van der Waals surface area contributed by atoms with Crippen LogP contribution in [0, 0.1) is 0 Å². The van der Waals surface area contributed by atoms with Crippen molar-refractivity contribution in [2.24, 2.45) is 0 Å². The van der Waals surface area contributed by atoms with Crippen LogP contribution in [0.25, 0.3) is 10.8 Å². The van der Waals surface area contributed by atoms with Crippen LogP contribution in [0.3, 0.4) is 0 Å². The van der Waals surface area contributed by atoms with E-state index in [1.54, 1.807) is 0 Å². The molecule has 1 heterocycles. The Hall–Kier alpha value is -1.91. The van der Waals surface area contributed by atoms with Crippen molar-refractivity contribution >= 4 is 22.4 Å². The van der Waals surface area contributed by atoms with E-state index in [1.807, 2.05) is 30.3 Å². The maximum Gasteiger partial charge on any atom is 0.238 e. The maximum absolute atomic E-state index is 12.5. The van der Waals surface area contributed by atoms with E-state index < -0.39 is 0 Å². The Morgan fingerprint density at radius 1 is 1.26 bits per heavy atom. The van der Waals surface area contributed by atoms with Gasteiger partial charge in [0.1, 0.15) is 0 Å². The molecule has 1 N–H and O–H groups in total. The van der Waals surface area contributed by atoms with Gasteiger partial charge in [-0.2, -0.15) is 0 Å². The Bertz CT molecular complexity index is 681. The summed E-state index contributed by atoms with van der Waals surface area (Å²) >= 11 is 0. The number of carbonyl (C=O) groups is 1. The molecule has 1 aliphatic rings. The summed E-state index contributed by atoms with van der Waals surface area (Å²) in [6, 6.07) is 14.4. The SMILES string of the molecule is CC[C@H]1CO[C@H](C)CN1CC(=O)Nc1cccc2ccccc12. The highest BCUT2D eigenvalue weighted by Gasteiger charge is 2.27. The smallest absolute Gasteiger partial charge is 0.238 e. The Morgan fingerprint density at radius 2 is 2.04 bits per heavy atom. The van der Waals surface area contributed by atoms with Crippen LogP contribution in [0.15, 0.2) is 42.5 Å². The molecule has 0 bridgehead atoms. The van der Waals surface area contributed by atoms with E-state index in [-0.39, 0.29) is 12.0 Å². The number of benzene rings is 2. The van der Waals surface area contributed by atoms with Gasteiger partial charge in [-0.15, -0.1) is 0 Å². The number of amides is 1.